The molecule has 8 heteroatoms. The van der Waals surface area contributed by atoms with Crippen molar-refractivity contribution in [2.45, 2.75) is 116 Å². The molecule has 0 aliphatic heterocycles. The fraction of sp³-hybridized carbons (Fsp3) is 0.957. The van der Waals surface area contributed by atoms with Crippen LogP contribution in [0.3, 0.4) is 0 Å². The average Bonchev–Trinajstić information content (AvgIpc) is 2.76. The van der Waals surface area contributed by atoms with Gasteiger partial charge in [0.1, 0.15) is 6.10 Å². The summed E-state index contributed by atoms with van der Waals surface area (Å²) in [6.07, 6.45) is 19.9. The monoisotopic (exact) mass is 466 g/mol. The highest BCUT2D eigenvalue weighted by molar-refractivity contribution is 7.70. The minimum atomic E-state index is -4.49. The topological polar surface area (TPSA) is 102 Å². The Morgan fingerprint density at radius 1 is 0.774 bits per heavy atom. The molecular weight excluding hydrogens is 419 g/mol. The Morgan fingerprint density at radius 2 is 1.19 bits per heavy atom. The van der Waals surface area contributed by atoms with Crippen molar-refractivity contribution in [3.63, 3.8) is 0 Å². The number of hydrogen-bond donors (Lipinski definition) is 2. The summed E-state index contributed by atoms with van der Waals surface area (Å²) in [7, 11) is -3.50. The molecule has 1 unspecified atom stereocenters. The Kier molecular flexibility index (Phi) is 21.1. The van der Waals surface area contributed by atoms with Crippen molar-refractivity contribution < 1.29 is 33.4 Å². The third-order valence-corrected chi connectivity index (χ3v) is 6.44. The number of carbonyl (C=O) groups excluding carboxylic acids is 1. The van der Waals surface area contributed by atoms with Crippen LogP contribution in [0.2, 0.25) is 0 Å². The molecule has 0 aromatic rings. The van der Waals surface area contributed by atoms with E-state index in [1.165, 1.54) is 89.9 Å². The quantitative estimate of drug-likeness (QED) is 0.129. The summed E-state index contributed by atoms with van der Waals surface area (Å²) in [5, 5.41) is 9.67. The molecular formula is C23H47O7P. The van der Waals surface area contributed by atoms with E-state index in [1.54, 1.807) is 0 Å². The van der Waals surface area contributed by atoms with Crippen LogP contribution in [-0.4, -0.2) is 48.7 Å². The predicted octanol–water partition coefficient (Wildman–Crippen LogP) is 6.59. The molecule has 0 bridgehead atoms. The Balaban J connectivity index is 3.29. The number of hydrogen-bond acceptors (Lipinski definition) is 6. The molecule has 2 atom stereocenters. The first-order valence-electron chi connectivity index (χ1n) is 12.3. The number of rotatable bonds is 23. The zero-order chi connectivity index (χ0) is 23.2. The van der Waals surface area contributed by atoms with E-state index in [1.807, 2.05) is 0 Å². The second-order valence-corrected chi connectivity index (χ2v) is 9.98. The summed E-state index contributed by atoms with van der Waals surface area (Å²) in [6, 6.07) is 0. The zero-order valence-corrected chi connectivity index (χ0v) is 20.8. The van der Waals surface area contributed by atoms with Gasteiger partial charge in [0, 0.05) is 6.61 Å². The molecule has 31 heavy (non-hydrogen) atoms. The maximum atomic E-state index is 11.4. The van der Waals surface area contributed by atoms with Gasteiger partial charge >= 0.3 is 13.3 Å². The van der Waals surface area contributed by atoms with Gasteiger partial charge in [0.2, 0.25) is 0 Å². The van der Waals surface area contributed by atoms with Crippen LogP contribution >= 0.6 is 7.60 Å². The standard InChI is InChI=1S/C23H47O7P/c1-3-4-5-6-7-8-9-10-11-12-13-14-15-16-17-18-19-29-20-22(24)21-30-31(26,27)23(25)28-2/h22,24H,3-21H2,1-2H3,(H,26,27)/t22-/m1/s1. The molecule has 7 nitrogen and oxygen atoms in total. The number of unbranched alkanes of at least 4 members (excludes halogenated alkanes) is 15. The summed E-state index contributed by atoms with van der Waals surface area (Å²) in [6.45, 7) is 2.34. The second-order valence-electron chi connectivity index (χ2n) is 8.32. The molecule has 0 saturated heterocycles. The highest BCUT2D eigenvalue weighted by Gasteiger charge is 2.32. The number of carbonyl (C=O) groups is 1. The van der Waals surface area contributed by atoms with Gasteiger partial charge in [-0.05, 0) is 6.42 Å². The van der Waals surface area contributed by atoms with E-state index in [9.17, 15) is 19.4 Å². The van der Waals surface area contributed by atoms with E-state index in [2.05, 4.69) is 16.2 Å². The highest BCUT2D eigenvalue weighted by atomic mass is 31.2. The van der Waals surface area contributed by atoms with E-state index >= 15 is 0 Å². The Labute approximate surface area is 189 Å². The number of ether oxygens (including phenoxy) is 2. The summed E-state index contributed by atoms with van der Waals surface area (Å²) in [5.41, 5.74) is -1.34. The van der Waals surface area contributed by atoms with Crippen molar-refractivity contribution in [2.24, 2.45) is 0 Å². The van der Waals surface area contributed by atoms with Crippen LogP contribution in [0.15, 0.2) is 0 Å². The summed E-state index contributed by atoms with van der Waals surface area (Å²) in [5.74, 6) is 0. The second kappa shape index (κ2) is 21.4. The van der Waals surface area contributed by atoms with Gasteiger partial charge in [-0.15, -0.1) is 0 Å². The van der Waals surface area contributed by atoms with Crippen LogP contribution in [0.1, 0.15) is 110 Å². The molecule has 0 aromatic carbocycles. The van der Waals surface area contributed by atoms with E-state index in [-0.39, 0.29) is 6.61 Å². The smallest absolute Gasteiger partial charge is 0.435 e. The molecule has 0 spiro atoms. The van der Waals surface area contributed by atoms with Gasteiger partial charge in [0.25, 0.3) is 0 Å². The highest BCUT2D eigenvalue weighted by Crippen LogP contribution is 2.43. The minimum absolute atomic E-state index is 0.0000867. The molecule has 0 heterocycles. The molecule has 0 aromatic heterocycles. The summed E-state index contributed by atoms with van der Waals surface area (Å²) in [4.78, 5) is 20.3. The number of methoxy groups -OCH3 is 1. The zero-order valence-electron chi connectivity index (χ0n) is 19.9. The van der Waals surface area contributed by atoms with Crippen molar-refractivity contribution in [1.29, 1.82) is 0 Å². The molecule has 0 rings (SSSR count). The van der Waals surface area contributed by atoms with Crippen molar-refractivity contribution >= 4 is 13.3 Å². The first kappa shape index (κ1) is 30.5. The minimum Gasteiger partial charge on any atom is -0.460 e. The van der Waals surface area contributed by atoms with Gasteiger partial charge in [0.05, 0.1) is 20.3 Å². The molecule has 0 saturated carbocycles. The third-order valence-electron chi connectivity index (χ3n) is 5.30. The van der Waals surface area contributed by atoms with Gasteiger partial charge in [-0.25, -0.2) is 9.36 Å². The molecule has 0 aliphatic carbocycles. The maximum Gasteiger partial charge on any atom is 0.435 e. The van der Waals surface area contributed by atoms with Crippen LogP contribution in [0, 0.1) is 0 Å². The van der Waals surface area contributed by atoms with Crippen molar-refractivity contribution in [3.05, 3.63) is 0 Å². The van der Waals surface area contributed by atoms with Crippen LogP contribution in [-0.2, 0) is 18.6 Å². The first-order valence-corrected chi connectivity index (χ1v) is 13.8. The summed E-state index contributed by atoms with van der Waals surface area (Å²) < 4.78 is 25.4. The van der Waals surface area contributed by atoms with Crippen molar-refractivity contribution in [3.8, 4) is 0 Å². The van der Waals surface area contributed by atoms with Crippen LogP contribution in [0.4, 0.5) is 4.79 Å². The van der Waals surface area contributed by atoms with Gasteiger partial charge < -0.3 is 19.5 Å². The van der Waals surface area contributed by atoms with Crippen LogP contribution in [0.25, 0.3) is 0 Å². The first-order chi connectivity index (χ1) is 14.9. The maximum absolute atomic E-state index is 11.4. The fourth-order valence-corrected chi connectivity index (χ4v) is 4.09. The third kappa shape index (κ3) is 19.9. The van der Waals surface area contributed by atoms with E-state index in [4.69, 9.17) is 4.74 Å². The lowest BCUT2D eigenvalue weighted by molar-refractivity contribution is 0.00887. The van der Waals surface area contributed by atoms with E-state index < -0.39 is 26.0 Å². The van der Waals surface area contributed by atoms with Gasteiger partial charge in [-0.1, -0.05) is 103 Å². The molecule has 0 aliphatic rings. The van der Waals surface area contributed by atoms with Crippen molar-refractivity contribution in [1.82, 2.24) is 0 Å². The SMILES string of the molecule is CCCCCCCCCCCCCCCCCCOC[C@@H](O)COP(=O)(O)C(=O)OC. The van der Waals surface area contributed by atoms with Crippen molar-refractivity contribution in [2.75, 3.05) is 26.9 Å². The van der Waals surface area contributed by atoms with Gasteiger partial charge in [-0.3, -0.25) is 4.52 Å². The molecule has 186 valence electrons. The van der Waals surface area contributed by atoms with Gasteiger partial charge in [-0.2, -0.15) is 0 Å². The van der Waals surface area contributed by atoms with Gasteiger partial charge in [0.15, 0.2) is 0 Å². The Morgan fingerprint density at radius 3 is 1.61 bits per heavy atom. The lowest BCUT2D eigenvalue weighted by Gasteiger charge is -2.14. The van der Waals surface area contributed by atoms with E-state index in [0.29, 0.717) is 6.61 Å². The van der Waals surface area contributed by atoms with Crippen LogP contribution in [0.5, 0.6) is 0 Å². The lowest BCUT2D eigenvalue weighted by atomic mass is 10.0. The predicted molar refractivity (Wildman–Crippen MR) is 125 cm³/mol. The molecule has 2 N–H and O–H groups in total. The fourth-order valence-electron chi connectivity index (χ4n) is 3.37. The Bertz CT molecular complexity index is 459. The number of aliphatic hydroxyl groups is 1. The molecule has 0 amide bonds. The van der Waals surface area contributed by atoms with E-state index in [0.717, 1.165) is 20.0 Å². The molecule has 0 fully saturated rings. The number of aliphatic hydroxyl groups excluding tert-OH is 1. The Hall–Kier alpha value is -0.460. The van der Waals surface area contributed by atoms with Crippen LogP contribution < -0.4 is 0 Å². The lowest BCUT2D eigenvalue weighted by Crippen LogP contribution is -2.22. The largest absolute Gasteiger partial charge is 0.460 e. The normalized spacial score (nSPS) is 14.3. The summed E-state index contributed by atoms with van der Waals surface area (Å²) >= 11 is 0. The molecule has 0 radical (unpaired) electrons. The average molecular weight is 467 g/mol.